The van der Waals surface area contributed by atoms with Crippen LogP contribution in [0, 0.1) is 17.7 Å². The number of ether oxygens (including phenoxy) is 1. The molecule has 0 amide bonds. The average molecular weight is 311 g/mol. The molecule has 1 aromatic heterocycles. The van der Waals surface area contributed by atoms with Crippen LogP contribution in [0.5, 0.6) is 5.75 Å². The number of aliphatic hydroxyl groups is 1. The zero-order valence-electron chi connectivity index (χ0n) is 10.5. The lowest BCUT2D eigenvalue weighted by atomic mass is 10.3. The Morgan fingerprint density at radius 2 is 2.20 bits per heavy atom. The van der Waals surface area contributed by atoms with Crippen LogP contribution in [0.15, 0.2) is 29.6 Å². The number of aliphatic hydroxyl groups excluding tert-OH is 1. The molecule has 0 atom stereocenters. The van der Waals surface area contributed by atoms with E-state index < -0.39 is 5.82 Å². The summed E-state index contributed by atoms with van der Waals surface area (Å²) in [6, 6.07) is 6.27. The van der Waals surface area contributed by atoms with E-state index in [0.717, 1.165) is 10.4 Å². The largest absolute Gasteiger partial charge is 0.488 e. The van der Waals surface area contributed by atoms with Crippen molar-refractivity contribution in [3.8, 4) is 17.6 Å². The van der Waals surface area contributed by atoms with Gasteiger partial charge >= 0.3 is 0 Å². The molecule has 0 aliphatic rings. The van der Waals surface area contributed by atoms with Crippen molar-refractivity contribution < 1.29 is 14.2 Å². The lowest BCUT2D eigenvalue weighted by Crippen LogP contribution is -1.93. The molecule has 1 aromatic carbocycles. The van der Waals surface area contributed by atoms with Crippen molar-refractivity contribution in [3.63, 3.8) is 0 Å². The molecule has 0 unspecified atom stereocenters. The molecule has 1 heterocycles. The molecule has 0 aliphatic heterocycles. The minimum absolute atomic E-state index is 0.0647. The molecule has 0 saturated heterocycles. The summed E-state index contributed by atoms with van der Waals surface area (Å²) in [5.41, 5.74) is 0.893. The summed E-state index contributed by atoms with van der Waals surface area (Å²) >= 11 is 7.12. The Morgan fingerprint density at radius 1 is 1.35 bits per heavy atom. The van der Waals surface area contributed by atoms with Gasteiger partial charge < -0.3 is 9.84 Å². The van der Waals surface area contributed by atoms with Crippen molar-refractivity contribution >= 4 is 22.9 Å². The Hall–Kier alpha value is -1.54. The molecule has 20 heavy (non-hydrogen) atoms. The SMILES string of the molecule is OCCC#Cc1csc(COc2ccc(Cl)c(F)c2)c1. The molecule has 0 radical (unpaired) electrons. The second-order valence-corrected chi connectivity index (χ2v) is 5.34. The third-order valence-electron chi connectivity index (χ3n) is 2.40. The van der Waals surface area contributed by atoms with Gasteiger partial charge in [0.05, 0.1) is 11.6 Å². The van der Waals surface area contributed by atoms with E-state index in [1.807, 2.05) is 11.4 Å². The Kier molecular flexibility index (Phi) is 5.42. The standard InChI is InChI=1S/C15H12ClFO2S/c16-14-5-4-12(8-15(14)17)19-9-13-7-11(10-20-13)3-1-2-6-18/h4-5,7-8,10,18H,2,6,9H2. The van der Waals surface area contributed by atoms with E-state index in [0.29, 0.717) is 18.8 Å². The monoisotopic (exact) mass is 310 g/mol. The summed E-state index contributed by atoms with van der Waals surface area (Å²) in [6.07, 6.45) is 0.464. The summed E-state index contributed by atoms with van der Waals surface area (Å²) in [7, 11) is 0. The Bertz CT molecular complexity index is 643. The first-order chi connectivity index (χ1) is 9.69. The van der Waals surface area contributed by atoms with Crippen molar-refractivity contribution in [2.24, 2.45) is 0 Å². The van der Waals surface area contributed by atoms with Crippen LogP contribution in [-0.2, 0) is 6.61 Å². The fourth-order valence-corrected chi connectivity index (χ4v) is 2.31. The second-order valence-electron chi connectivity index (χ2n) is 3.94. The second kappa shape index (κ2) is 7.30. The van der Waals surface area contributed by atoms with E-state index in [1.165, 1.54) is 23.5 Å². The van der Waals surface area contributed by atoms with E-state index in [-0.39, 0.29) is 11.6 Å². The van der Waals surface area contributed by atoms with Crippen molar-refractivity contribution in [2.45, 2.75) is 13.0 Å². The number of hydrogen-bond acceptors (Lipinski definition) is 3. The molecule has 2 nitrogen and oxygen atoms in total. The highest BCUT2D eigenvalue weighted by atomic mass is 35.5. The summed E-state index contributed by atoms with van der Waals surface area (Å²) in [5.74, 6) is 5.75. The number of hydrogen-bond donors (Lipinski definition) is 1. The van der Waals surface area contributed by atoms with Crippen molar-refractivity contribution in [1.82, 2.24) is 0 Å². The van der Waals surface area contributed by atoms with Gasteiger partial charge in [-0.3, -0.25) is 0 Å². The highest BCUT2D eigenvalue weighted by Crippen LogP contribution is 2.22. The van der Waals surface area contributed by atoms with Gasteiger partial charge in [-0.05, 0) is 18.2 Å². The highest BCUT2D eigenvalue weighted by molar-refractivity contribution is 7.10. The van der Waals surface area contributed by atoms with Gasteiger partial charge in [-0.15, -0.1) is 11.3 Å². The molecule has 2 aromatic rings. The topological polar surface area (TPSA) is 29.5 Å². The quantitative estimate of drug-likeness (QED) is 0.869. The molecule has 0 fully saturated rings. The number of thiophene rings is 1. The van der Waals surface area contributed by atoms with E-state index in [1.54, 1.807) is 6.07 Å². The van der Waals surface area contributed by atoms with Gasteiger partial charge in [0.15, 0.2) is 0 Å². The summed E-state index contributed by atoms with van der Waals surface area (Å²) in [6.45, 7) is 0.419. The number of rotatable bonds is 4. The zero-order chi connectivity index (χ0) is 14.4. The van der Waals surface area contributed by atoms with Crippen LogP contribution in [0.25, 0.3) is 0 Å². The first kappa shape index (κ1) is 14.9. The fraction of sp³-hybridized carbons (Fsp3) is 0.200. The minimum Gasteiger partial charge on any atom is -0.488 e. The molecule has 0 aliphatic carbocycles. The van der Waals surface area contributed by atoms with Gasteiger partial charge in [-0.25, -0.2) is 4.39 Å². The van der Waals surface area contributed by atoms with Crippen LogP contribution in [0.3, 0.4) is 0 Å². The lowest BCUT2D eigenvalue weighted by Gasteiger charge is -2.04. The summed E-state index contributed by atoms with van der Waals surface area (Å²) in [5, 5.41) is 10.6. The van der Waals surface area contributed by atoms with Crippen molar-refractivity contribution in [2.75, 3.05) is 6.61 Å². The maximum absolute atomic E-state index is 13.2. The molecular weight excluding hydrogens is 299 g/mol. The van der Waals surface area contributed by atoms with Gasteiger partial charge in [-0.1, -0.05) is 23.4 Å². The molecule has 5 heteroatoms. The Morgan fingerprint density at radius 3 is 2.95 bits per heavy atom. The molecule has 1 N–H and O–H groups in total. The predicted molar refractivity (Wildman–Crippen MR) is 78.6 cm³/mol. The van der Waals surface area contributed by atoms with E-state index in [2.05, 4.69) is 11.8 Å². The van der Waals surface area contributed by atoms with Gasteiger partial charge in [0.2, 0.25) is 0 Å². The average Bonchev–Trinajstić information content (AvgIpc) is 2.88. The molecule has 0 spiro atoms. The van der Waals surface area contributed by atoms with Gasteiger partial charge in [0, 0.05) is 28.3 Å². The normalized spacial score (nSPS) is 9.95. The Labute approximate surface area is 125 Å². The molecule has 104 valence electrons. The van der Waals surface area contributed by atoms with Crippen molar-refractivity contribution in [3.05, 3.63) is 50.9 Å². The van der Waals surface area contributed by atoms with E-state index in [4.69, 9.17) is 21.4 Å². The van der Waals surface area contributed by atoms with Crippen LogP contribution in [0.1, 0.15) is 16.9 Å². The summed E-state index contributed by atoms with van der Waals surface area (Å²) in [4.78, 5) is 0.994. The Balaban J connectivity index is 1.94. The van der Waals surface area contributed by atoms with Gasteiger partial charge in [0.1, 0.15) is 18.2 Å². The molecule has 2 rings (SSSR count). The maximum Gasteiger partial charge on any atom is 0.145 e. The van der Waals surface area contributed by atoms with Crippen LogP contribution in [0.4, 0.5) is 4.39 Å². The van der Waals surface area contributed by atoms with Crippen LogP contribution < -0.4 is 4.74 Å². The minimum atomic E-state index is -0.495. The first-order valence-electron chi connectivity index (χ1n) is 5.94. The van der Waals surface area contributed by atoms with Crippen LogP contribution in [0.2, 0.25) is 5.02 Å². The lowest BCUT2D eigenvalue weighted by molar-refractivity contribution is 0.305. The smallest absolute Gasteiger partial charge is 0.145 e. The highest BCUT2D eigenvalue weighted by Gasteiger charge is 2.03. The van der Waals surface area contributed by atoms with E-state index >= 15 is 0 Å². The van der Waals surface area contributed by atoms with E-state index in [9.17, 15) is 4.39 Å². The first-order valence-corrected chi connectivity index (χ1v) is 7.20. The maximum atomic E-state index is 13.2. The third kappa shape index (κ3) is 4.24. The zero-order valence-corrected chi connectivity index (χ0v) is 12.1. The molecular formula is C15H12ClFO2S. The van der Waals surface area contributed by atoms with Gasteiger partial charge in [-0.2, -0.15) is 0 Å². The number of benzene rings is 1. The van der Waals surface area contributed by atoms with Crippen molar-refractivity contribution in [1.29, 1.82) is 0 Å². The fourth-order valence-electron chi connectivity index (χ4n) is 1.46. The summed E-state index contributed by atoms with van der Waals surface area (Å²) < 4.78 is 18.7. The molecule has 0 bridgehead atoms. The number of halogens is 2. The predicted octanol–water partition coefficient (Wildman–Crippen LogP) is 3.85. The van der Waals surface area contributed by atoms with Gasteiger partial charge in [0.25, 0.3) is 0 Å². The third-order valence-corrected chi connectivity index (χ3v) is 3.61. The molecule has 0 saturated carbocycles. The van der Waals surface area contributed by atoms with Crippen LogP contribution >= 0.6 is 22.9 Å². The van der Waals surface area contributed by atoms with Crippen LogP contribution in [-0.4, -0.2) is 11.7 Å².